The lowest BCUT2D eigenvalue weighted by atomic mass is 9.93. The van der Waals surface area contributed by atoms with E-state index in [0.717, 1.165) is 37.4 Å². The van der Waals surface area contributed by atoms with E-state index in [1.54, 1.807) is 0 Å². The van der Waals surface area contributed by atoms with Crippen molar-refractivity contribution in [1.29, 1.82) is 0 Å². The van der Waals surface area contributed by atoms with Crippen LogP contribution in [0.3, 0.4) is 0 Å². The Hall–Kier alpha value is -1.75. The van der Waals surface area contributed by atoms with Gasteiger partial charge in [-0.05, 0) is 43.4 Å². The minimum atomic E-state index is -0.687. The normalized spacial score (nSPS) is 19.3. The van der Waals surface area contributed by atoms with Crippen LogP contribution in [0.4, 0.5) is 0 Å². The number of aliphatic carboxylic acids is 1. The number of carbonyl (C=O) groups is 1. The van der Waals surface area contributed by atoms with Gasteiger partial charge in [-0.2, -0.15) is 0 Å². The predicted molar refractivity (Wildman–Crippen MR) is 77.7 cm³/mol. The molecule has 1 aromatic carbocycles. The van der Waals surface area contributed by atoms with Crippen molar-refractivity contribution >= 4 is 5.97 Å². The molecule has 21 heavy (non-hydrogen) atoms. The Kier molecular flexibility index (Phi) is 4.01. The maximum absolute atomic E-state index is 10.6. The Bertz CT molecular complexity index is 525. The molecule has 1 unspecified atom stereocenters. The first kappa shape index (κ1) is 14.2. The van der Waals surface area contributed by atoms with Gasteiger partial charge < -0.3 is 14.6 Å². The highest BCUT2D eigenvalue weighted by atomic mass is 16.7. The van der Waals surface area contributed by atoms with Gasteiger partial charge in [0.25, 0.3) is 0 Å². The summed E-state index contributed by atoms with van der Waals surface area (Å²) in [4.78, 5) is 13.0. The molecule has 2 aliphatic rings. The fraction of sp³-hybridized carbons (Fsp3) is 0.562. The molecule has 114 valence electrons. The highest BCUT2D eigenvalue weighted by molar-refractivity contribution is 5.67. The zero-order valence-electron chi connectivity index (χ0n) is 12.2. The maximum atomic E-state index is 10.6. The summed E-state index contributed by atoms with van der Waals surface area (Å²) in [6.07, 6.45) is 2.36. The third-order valence-electron chi connectivity index (χ3n) is 4.36. The van der Waals surface area contributed by atoms with Crippen LogP contribution in [-0.2, 0) is 11.2 Å². The number of hydrogen-bond donors (Lipinski definition) is 1. The third kappa shape index (κ3) is 3.29. The van der Waals surface area contributed by atoms with E-state index in [2.05, 4.69) is 24.0 Å². The molecule has 5 nitrogen and oxygen atoms in total. The van der Waals surface area contributed by atoms with Crippen molar-refractivity contribution in [3.8, 4) is 11.5 Å². The zero-order valence-corrected chi connectivity index (χ0v) is 12.2. The SMILES string of the molecule is CC(CCc1ccc2c(c1)OCO2)N1CC(CC(=O)O)C1. The van der Waals surface area contributed by atoms with Crippen LogP contribution in [0.15, 0.2) is 18.2 Å². The molecule has 1 atom stereocenters. The number of fused-ring (bicyclic) bond motifs is 1. The molecule has 0 aromatic heterocycles. The molecular formula is C16H21NO4. The molecule has 3 rings (SSSR count). The zero-order chi connectivity index (χ0) is 14.8. The average molecular weight is 291 g/mol. The molecule has 0 bridgehead atoms. The van der Waals surface area contributed by atoms with Gasteiger partial charge in [0, 0.05) is 19.1 Å². The van der Waals surface area contributed by atoms with Gasteiger partial charge in [0.05, 0.1) is 6.42 Å². The molecule has 0 spiro atoms. The van der Waals surface area contributed by atoms with Crippen LogP contribution in [0.1, 0.15) is 25.3 Å². The van der Waals surface area contributed by atoms with Gasteiger partial charge >= 0.3 is 5.97 Å². The number of likely N-dealkylation sites (tertiary alicyclic amines) is 1. The summed E-state index contributed by atoms with van der Waals surface area (Å²) in [6, 6.07) is 6.59. The van der Waals surface area contributed by atoms with E-state index in [-0.39, 0.29) is 0 Å². The molecule has 2 aliphatic heterocycles. The fourth-order valence-electron chi connectivity index (χ4n) is 3.00. The Morgan fingerprint density at radius 2 is 2.14 bits per heavy atom. The van der Waals surface area contributed by atoms with E-state index in [1.807, 2.05) is 6.07 Å². The van der Waals surface area contributed by atoms with Crippen molar-refractivity contribution in [3.05, 3.63) is 23.8 Å². The summed E-state index contributed by atoms with van der Waals surface area (Å²) in [7, 11) is 0. The third-order valence-corrected chi connectivity index (χ3v) is 4.36. The quantitative estimate of drug-likeness (QED) is 0.870. The molecule has 1 fully saturated rings. The number of aryl methyl sites for hydroxylation is 1. The lowest BCUT2D eigenvalue weighted by molar-refractivity contribution is -0.139. The molecule has 5 heteroatoms. The molecule has 1 saturated heterocycles. The van der Waals surface area contributed by atoms with Crippen LogP contribution in [0.2, 0.25) is 0 Å². The van der Waals surface area contributed by atoms with Gasteiger partial charge in [0.2, 0.25) is 6.79 Å². The molecule has 0 saturated carbocycles. The van der Waals surface area contributed by atoms with Crippen molar-refractivity contribution < 1.29 is 19.4 Å². The topological polar surface area (TPSA) is 59.0 Å². The second-order valence-corrected chi connectivity index (χ2v) is 5.99. The lowest BCUT2D eigenvalue weighted by Gasteiger charge is -2.42. The number of carboxylic acids is 1. The summed E-state index contributed by atoms with van der Waals surface area (Å²) in [5, 5.41) is 8.76. The van der Waals surface area contributed by atoms with E-state index in [0.29, 0.717) is 25.2 Å². The van der Waals surface area contributed by atoms with Crippen LogP contribution in [0.5, 0.6) is 11.5 Å². The van der Waals surface area contributed by atoms with Gasteiger partial charge in [-0.15, -0.1) is 0 Å². The molecule has 0 aliphatic carbocycles. The van der Waals surface area contributed by atoms with Gasteiger partial charge in [0.15, 0.2) is 11.5 Å². The molecule has 2 heterocycles. The molecular weight excluding hydrogens is 270 g/mol. The Balaban J connectivity index is 1.44. The maximum Gasteiger partial charge on any atom is 0.303 e. The van der Waals surface area contributed by atoms with Crippen LogP contribution in [0.25, 0.3) is 0 Å². The highest BCUT2D eigenvalue weighted by Crippen LogP contribution is 2.33. The van der Waals surface area contributed by atoms with Gasteiger partial charge in [-0.1, -0.05) is 6.07 Å². The van der Waals surface area contributed by atoms with E-state index >= 15 is 0 Å². The monoisotopic (exact) mass is 291 g/mol. The van der Waals surface area contributed by atoms with Crippen molar-refractivity contribution in [1.82, 2.24) is 4.90 Å². The van der Waals surface area contributed by atoms with Crippen molar-refractivity contribution in [2.45, 2.75) is 32.2 Å². The second kappa shape index (κ2) is 5.93. The van der Waals surface area contributed by atoms with Crippen LogP contribution in [0, 0.1) is 5.92 Å². The van der Waals surface area contributed by atoms with Crippen molar-refractivity contribution in [2.24, 2.45) is 5.92 Å². The van der Waals surface area contributed by atoms with Crippen molar-refractivity contribution in [2.75, 3.05) is 19.9 Å². The van der Waals surface area contributed by atoms with Crippen LogP contribution >= 0.6 is 0 Å². The van der Waals surface area contributed by atoms with Crippen LogP contribution < -0.4 is 9.47 Å². The Morgan fingerprint density at radius 3 is 2.90 bits per heavy atom. The molecule has 0 amide bonds. The Labute approximate surface area is 124 Å². The highest BCUT2D eigenvalue weighted by Gasteiger charge is 2.31. The second-order valence-electron chi connectivity index (χ2n) is 5.99. The summed E-state index contributed by atoms with van der Waals surface area (Å²) < 4.78 is 10.7. The molecule has 1 N–H and O–H groups in total. The largest absolute Gasteiger partial charge is 0.481 e. The number of hydrogen-bond acceptors (Lipinski definition) is 4. The number of carboxylic acid groups (broad SMARTS) is 1. The average Bonchev–Trinajstić information content (AvgIpc) is 2.86. The number of nitrogens with zero attached hydrogens (tertiary/aromatic N) is 1. The molecule has 0 radical (unpaired) electrons. The van der Waals surface area contributed by atoms with Crippen LogP contribution in [-0.4, -0.2) is 41.9 Å². The van der Waals surface area contributed by atoms with E-state index < -0.39 is 5.97 Å². The van der Waals surface area contributed by atoms with Crippen molar-refractivity contribution in [3.63, 3.8) is 0 Å². The minimum absolute atomic E-state index is 0.297. The lowest BCUT2D eigenvalue weighted by Crippen LogP contribution is -2.51. The summed E-state index contributed by atoms with van der Waals surface area (Å²) in [5.74, 6) is 1.31. The van der Waals surface area contributed by atoms with Gasteiger partial charge in [-0.3, -0.25) is 9.69 Å². The number of benzene rings is 1. The first-order chi connectivity index (χ1) is 10.1. The van der Waals surface area contributed by atoms with E-state index in [1.165, 1.54) is 5.56 Å². The fourth-order valence-corrected chi connectivity index (χ4v) is 3.00. The standard InChI is InChI=1S/C16H21NO4/c1-11(17-8-13(9-17)7-16(18)19)2-3-12-4-5-14-15(6-12)21-10-20-14/h4-6,11,13H,2-3,7-10H2,1H3,(H,18,19). The smallest absolute Gasteiger partial charge is 0.303 e. The first-order valence-electron chi connectivity index (χ1n) is 7.46. The summed E-state index contributed by atoms with van der Waals surface area (Å²) in [5.41, 5.74) is 1.26. The van der Waals surface area contributed by atoms with Gasteiger partial charge in [-0.25, -0.2) is 0 Å². The predicted octanol–water partition coefficient (Wildman–Crippen LogP) is 2.14. The minimum Gasteiger partial charge on any atom is -0.481 e. The van der Waals surface area contributed by atoms with E-state index in [4.69, 9.17) is 14.6 Å². The van der Waals surface area contributed by atoms with E-state index in [9.17, 15) is 4.79 Å². The first-order valence-corrected chi connectivity index (χ1v) is 7.46. The number of rotatable bonds is 6. The Morgan fingerprint density at radius 1 is 1.38 bits per heavy atom. The molecule has 1 aromatic rings. The van der Waals surface area contributed by atoms with Gasteiger partial charge in [0.1, 0.15) is 0 Å². The summed E-state index contributed by atoms with van der Waals surface area (Å²) >= 11 is 0. The summed E-state index contributed by atoms with van der Waals surface area (Å²) in [6.45, 7) is 4.35. The number of ether oxygens (including phenoxy) is 2.